The molecule has 4 rings (SSSR count). The minimum absolute atomic E-state index is 0.176. The van der Waals surface area contributed by atoms with Gasteiger partial charge in [0.15, 0.2) is 0 Å². The number of aromatic nitrogens is 1. The summed E-state index contributed by atoms with van der Waals surface area (Å²) in [5.41, 5.74) is 0.176. The van der Waals surface area contributed by atoms with E-state index in [-0.39, 0.29) is 11.5 Å². The van der Waals surface area contributed by atoms with Crippen LogP contribution in [0.3, 0.4) is 0 Å². The summed E-state index contributed by atoms with van der Waals surface area (Å²) in [5.74, 6) is -0.354. The Labute approximate surface area is 186 Å². The molecule has 0 atom stereocenters. The van der Waals surface area contributed by atoms with E-state index >= 15 is 0 Å². The first-order chi connectivity index (χ1) is 14.9. The minimum Gasteiger partial charge on any atom is -0.353 e. The van der Waals surface area contributed by atoms with Crippen LogP contribution in [0.2, 0.25) is 5.02 Å². The molecule has 2 saturated heterocycles. The molecule has 0 unspecified atom stereocenters. The Balaban J connectivity index is 1.48. The van der Waals surface area contributed by atoms with Gasteiger partial charge in [0.05, 0.1) is 5.02 Å². The van der Waals surface area contributed by atoms with Crippen molar-refractivity contribution in [1.29, 1.82) is 0 Å². The Hall–Kier alpha value is -2.23. The van der Waals surface area contributed by atoms with Gasteiger partial charge in [-0.05, 0) is 43.2 Å². The lowest BCUT2D eigenvalue weighted by molar-refractivity contribution is 0.0746. The molecule has 0 bridgehead atoms. The molecule has 0 spiro atoms. The number of anilines is 1. The number of hydrogen-bond donors (Lipinski definition) is 0. The van der Waals surface area contributed by atoms with Crippen LogP contribution < -0.4 is 4.90 Å². The van der Waals surface area contributed by atoms with Crippen LogP contribution in [0, 0.1) is 5.82 Å². The van der Waals surface area contributed by atoms with Crippen LogP contribution in [0.4, 0.5) is 10.2 Å². The first-order valence-corrected chi connectivity index (χ1v) is 12.1. The second-order valence-electron chi connectivity index (χ2n) is 7.72. The number of sulfonamides is 1. The summed E-state index contributed by atoms with van der Waals surface area (Å²) in [4.78, 5) is 20.6. The third-order valence-corrected chi connectivity index (χ3v) is 7.85. The van der Waals surface area contributed by atoms with Crippen LogP contribution >= 0.6 is 11.6 Å². The number of hydrogen-bond acceptors (Lipinski definition) is 5. The summed E-state index contributed by atoms with van der Waals surface area (Å²) in [6.07, 6.45) is 4.06. The first kappa shape index (κ1) is 22.0. The second-order valence-corrected chi connectivity index (χ2v) is 10.1. The van der Waals surface area contributed by atoms with E-state index in [1.807, 2.05) is 6.07 Å². The van der Waals surface area contributed by atoms with E-state index in [2.05, 4.69) is 9.88 Å². The number of nitrogens with zero attached hydrogens (tertiary/aromatic N) is 4. The van der Waals surface area contributed by atoms with Gasteiger partial charge in [-0.3, -0.25) is 4.79 Å². The van der Waals surface area contributed by atoms with Gasteiger partial charge < -0.3 is 9.80 Å². The Bertz CT molecular complexity index is 1050. The molecule has 2 aliphatic rings. The van der Waals surface area contributed by atoms with Crippen molar-refractivity contribution in [3.8, 4) is 0 Å². The van der Waals surface area contributed by atoms with Gasteiger partial charge in [0.25, 0.3) is 5.91 Å². The molecule has 0 saturated carbocycles. The highest BCUT2D eigenvalue weighted by atomic mass is 35.5. The average Bonchev–Trinajstić information content (AvgIpc) is 2.80. The number of halogens is 2. The zero-order valence-electron chi connectivity index (χ0n) is 17.0. The fourth-order valence-electron chi connectivity index (χ4n) is 3.95. The lowest BCUT2D eigenvalue weighted by Crippen LogP contribution is -2.49. The van der Waals surface area contributed by atoms with Crippen molar-refractivity contribution in [2.24, 2.45) is 0 Å². The molecular weight excluding hydrogens is 443 g/mol. The van der Waals surface area contributed by atoms with Gasteiger partial charge in [-0.2, -0.15) is 4.31 Å². The SMILES string of the molecule is O=C(c1ccc(F)c(S(=O)(=O)N2CCCCC2)c1)N1CCN(c2ccc(Cl)cn2)CC1. The van der Waals surface area contributed by atoms with Gasteiger partial charge in [-0.25, -0.2) is 17.8 Å². The highest BCUT2D eigenvalue weighted by Gasteiger charge is 2.30. The number of piperidine rings is 1. The van der Waals surface area contributed by atoms with E-state index in [1.54, 1.807) is 17.2 Å². The maximum atomic E-state index is 14.4. The van der Waals surface area contributed by atoms with Crippen LogP contribution in [-0.2, 0) is 10.0 Å². The molecule has 0 radical (unpaired) electrons. The van der Waals surface area contributed by atoms with E-state index in [9.17, 15) is 17.6 Å². The minimum atomic E-state index is -3.97. The van der Waals surface area contributed by atoms with Gasteiger partial charge in [-0.1, -0.05) is 18.0 Å². The third-order valence-electron chi connectivity index (χ3n) is 5.71. The van der Waals surface area contributed by atoms with Crippen molar-refractivity contribution in [3.63, 3.8) is 0 Å². The van der Waals surface area contributed by atoms with Crippen molar-refractivity contribution in [2.45, 2.75) is 24.2 Å². The maximum Gasteiger partial charge on any atom is 0.254 e. The summed E-state index contributed by atoms with van der Waals surface area (Å²) in [5, 5.41) is 0.559. The summed E-state index contributed by atoms with van der Waals surface area (Å²) >= 11 is 5.88. The average molecular weight is 467 g/mol. The third kappa shape index (κ3) is 4.68. The zero-order valence-corrected chi connectivity index (χ0v) is 18.6. The smallest absolute Gasteiger partial charge is 0.254 e. The Morgan fingerprint density at radius 1 is 0.968 bits per heavy atom. The number of rotatable bonds is 4. The van der Waals surface area contributed by atoms with E-state index < -0.39 is 20.7 Å². The molecule has 0 aliphatic carbocycles. The quantitative estimate of drug-likeness (QED) is 0.692. The molecule has 1 aromatic heterocycles. The predicted molar refractivity (Wildman–Crippen MR) is 116 cm³/mol. The van der Waals surface area contributed by atoms with Crippen molar-refractivity contribution >= 4 is 33.3 Å². The molecule has 2 aromatic rings. The van der Waals surface area contributed by atoms with E-state index in [0.29, 0.717) is 44.3 Å². The van der Waals surface area contributed by atoms with Gasteiger partial charge in [0.1, 0.15) is 16.5 Å². The van der Waals surface area contributed by atoms with Crippen LogP contribution in [-0.4, -0.2) is 67.8 Å². The molecule has 7 nitrogen and oxygen atoms in total. The van der Waals surface area contributed by atoms with E-state index in [0.717, 1.165) is 31.1 Å². The fraction of sp³-hybridized carbons (Fsp3) is 0.429. The van der Waals surface area contributed by atoms with Gasteiger partial charge >= 0.3 is 0 Å². The molecule has 166 valence electrons. The number of amides is 1. The topological polar surface area (TPSA) is 73.8 Å². The summed E-state index contributed by atoms with van der Waals surface area (Å²) in [7, 11) is -3.97. The standard InChI is InChI=1S/C21H24ClFN4O3S/c22-17-5-7-20(24-15-17)25-10-12-26(13-11-25)21(28)16-4-6-18(23)19(14-16)31(29,30)27-8-2-1-3-9-27/h4-7,14-15H,1-3,8-13H2. The highest BCUT2D eigenvalue weighted by molar-refractivity contribution is 7.89. The van der Waals surface area contributed by atoms with Gasteiger partial charge in [0.2, 0.25) is 10.0 Å². The van der Waals surface area contributed by atoms with Crippen molar-refractivity contribution < 1.29 is 17.6 Å². The summed E-state index contributed by atoms with van der Waals surface area (Å²) in [6, 6.07) is 7.19. The van der Waals surface area contributed by atoms with Crippen LogP contribution in [0.25, 0.3) is 0 Å². The summed E-state index contributed by atoms with van der Waals surface area (Å²) in [6.45, 7) is 2.83. The normalized spacial score (nSPS) is 18.3. The van der Waals surface area contributed by atoms with Crippen molar-refractivity contribution in [2.75, 3.05) is 44.2 Å². The second kappa shape index (κ2) is 9.10. The molecule has 0 N–H and O–H groups in total. The van der Waals surface area contributed by atoms with Crippen LogP contribution in [0.5, 0.6) is 0 Å². The molecule has 1 amide bonds. The molecule has 31 heavy (non-hydrogen) atoms. The predicted octanol–water partition coefficient (Wildman–Crippen LogP) is 3.01. The highest BCUT2D eigenvalue weighted by Crippen LogP contribution is 2.25. The first-order valence-electron chi connectivity index (χ1n) is 10.3. The largest absolute Gasteiger partial charge is 0.353 e. The number of pyridine rings is 1. The fourth-order valence-corrected chi connectivity index (χ4v) is 5.67. The molecule has 2 aliphatic heterocycles. The monoisotopic (exact) mass is 466 g/mol. The molecule has 10 heteroatoms. The van der Waals surface area contributed by atoms with E-state index in [4.69, 9.17) is 11.6 Å². The molecule has 3 heterocycles. The molecular formula is C21H24ClFN4O3S. The number of carbonyl (C=O) groups is 1. The van der Waals surface area contributed by atoms with Crippen LogP contribution in [0.15, 0.2) is 41.4 Å². The Kier molecular flexibility index (Phi) is 6.45. The van der Waals surface area contributed by atoms with Crippen molar-refractivity contribution in [3.05, 3.63) is 52.9 Å². The lowest BCUT2D eigenvalue weighted by Gasteiger charge is -2.35. The van der Waals surface area contributed by atoms with Gasteiger partial charge in [-0.15, -0.1) is 0 Å². The Morgan fingerprint density at radius 2 is 1.68 bits per heavy atom. The van der Waals surface area contributed by atoms with E-state index in [1.165, 1.54) is 16.4 Å². The number of benzene rings is 1. The lowest BCUT2D eigenvalue weighted by atomic mass is 10.1. The Morgan fingerprint density at radius 3 is 2.32 bits per heavy atom. The van der Waals surface area contributed by atoms with Crippen molar-refractivity contribution in [1.82, 2.24) is 14.2 Å². The number of carbonyl (C=O) groups excluding carboxylic acids is 1. The summed E-state index contributed by atoms with van der Waals surface area (Å²) < 4.78 is 41.6. The zero-order chi connectivity index (χ0) is 22.0. The molecule has 1 aromatic carbocycles. The maximum absolute atomic E-state index is 14.4. The van der Waals surface area contributed by atoms with Gasteiger partial charge in [0, 0.05) is 51.0 Å². The number of piperazine rings is 1. The molecule has 2 fully saturated rings. The van der Waals surface area contributed by atoms with Crippen LogP contribution in [0.1, 0.15) is 29.6 Å².